The summed E-state index contributed by atoms with van der Waals surface area (Å²) in [5.41, 5.74) is 0. The minimum atomic E-state index is -1.47. The molecule has 0 aromatic heterocycles. The molecular weight excluding hydrogens is 127 g/mol. The summed E-state index contributed by atoms with van der Waals surface area (Å²) in [4.78, 5) is 10.4. The number of epoxide rings is 1. The van der Waals surface area contributed by atoms with Gasteiger partial charge in [0.1, 0.15) is 6.61 Å². The summed E-state index contributed by atoms with van der Waals surface area (Å²) in [5.74, 6) is -1.62. The fraction of sp³-hybridized carbons (Fsp3) is 0.800. The fourth-order valence-corrected chi connectivity index (χ4v) is 0.903. The number of hydrogen-bond donors (Lipinski definition) is 0. The molecule has 0 amide bonds. The maximum atomic E-state index is 12.3. The Bertz CT molecular complexity index is 164. The van der Waals surface area contributed by atoms with Crippen molar-refractivity contribution in [1.82, 2.24) is 0 Å². The van der Waals surface area contributed by atoms with Crippen LogP contribution in [0.4, 0.5) is 4.39 Å². The largest absolute Gasteiger partial charge is 0.428 e. The minimum Gasteiger partial charge on any atom is -0.428 e. The van der Waals surface area contributed by atoms with E-state index in [0.29, 0.717) is 6.61 Å². The SMILES string of the molecule is O=C1OC2(CO2)CC1F. The number of esters is 1. The Morgan fingerprint density at radius 3 is 2.67 bits per heavy atom. The van der Waals surface area contributed by atoms with Gasteiger partial charge >= 0.3 is 5.97 Å². The average Bonchev–Trinajstić information content (AvgIpc) is 2.42. The lowest BCUT2D eigenvalue weighted by atomic mass is 10.2. The molecule has 0 radical (unpaired) electrons. The Morgan fingerprint density at radius 2 is 2.44 bits per heavy atom. The standard InChI is InChI=1S/C5H5FO3/c6-3-1-5(2-8-5)9-4(3)7/h3H,1-2H2. The van der Waals surface area contributed by atoms with Crippen molar-refractivity contribution in [2.75, 3.05) is 6.61 Å². The Morgan fingerprint density at radius 1 is 1.78 bits per heavy atom. The first kappa shape index (κ1) is 5.17. The van der Waals surface area contributed by atoms with Gasteiger partial charge in [-0.3, -0.25) is 0 Å². The topological polar surface area (TPSA) is 38.8 Å². The molecule has 0 aliphatic carbocycles. The lowest BCUT2D eigenvalue weighted by Gasteiger charge is -1.95. The first-order chi connectivity index (χ1) is 4.22. The second-order valence-corrected chi connectivity index (χ2v) is 2.29. The van der Waals surface area contributed by atoms with Crippen LogP contribution < -0.4 is 0 Å². The molecule has 0 bridgehead atoms. The van der Waals surface area contributed by atoms with E-state index in [0.717, 1.165) is 0 Å². The van der Waals surface area contributed by atoms with Crippen LogP contribution in [0.2, 0.25) is 0 Å². The van der Waals surface area contributed by atoms with Gasteiger partial charge in [0.2, 0.25) is 12.0 Å². The molecule has 2 atom stereocenters. The summed E-state index contributed by atoms with van der Waals surface area (Å²) in [7, 11) is 0. The van der Waals surface area contributed by atoms with E-state index in [2.05, 4.69) is 4.74 Å². The van der Waals surface area contributed by atoms with E-state index in [-0.39, 0.29) is 6.42 Å². The van der Waals surface area contributed by atoms with Crippen molar-refractivity contribution in [2.24, 2.45) is 0 Å². The van der Waals surface area contributed by atoms with Crippen molar-refractivity contribution in [3.8, 4) is 0 Å². The molecule has 0 N–H and O–H groups in total. The lowest BCUT2D eigenvalue weighted by Crippen LogP contribution is -2.08. The first-order valence-electron chi connectivity index (χ1n) is 2.73. The molecule has 0 saturated carbocycles. The number of halogens is 1. The Kier molecular flexibility index (Phi) is 0.725. The van der Waals surface area contributed by atoms with Crippen LogP contribution in [0.1, 0.15) is 6.42 Å². The normalized spacial score (nSPS) is 47.7. The molecule has 2 aliphatic heterocycles. The summed E-state index contributed by atoms with van der Waals surface area (Å²) in [6.07, 6.45) is -1.39. The highest BCUT2D eigenvalue weighted by molar-refractivity contribution is 5.77. The molecule has 1 spiro atoms. The van der Waals surface area contributed by atoms with E-state index in [1.165, 1.54) is 0 Å². The maximum Gasteiger partial charge on any atom is 0.343 e. The van der Waals surface area contributed by atoms with Crippen LogP contribution >= 0.6 is 0 Å². The number of hydrogen-bond acceptors (Lipinski definition) is 3. The summed E-state index contributed by atoms with van der Waals surface area (Å²) in [5, 5.41) is 0. The lowest BCUT2D eigenvalue weighted by molar-refractivity contribution is -0.150. The van der Waals surface area contributed by atoms with Crippen LogP contribution in [0.3, 0.4) is 0 Å². The molecule has 2 fully saturated rings. The molecule has 50 valence electrons. The van der Waals surface area contributed by atoms with Gasteiger partial charge in [0.05, 0.1) is 6.42 Å². The number of alkyl halides is 1. The highest BCUT2D eigenvalue weighted by atomic mass is 19.1. The van der Waals surface area contributed by atoms with Gasteiger partial charge in [-0.05, 0) is 0 Å². The van der Waals surface area contributed by atoms with Crippen molar-refractivity contribution >= 4 is 5.97 Å². The zero-order chi connectivity index (χ0) is 6.48. The molecule has 3 nitrogen and oxygen atoms in total. The van der Waals surface area contributed by atoms with Crippen molar-refractivity contribution in [1.29, 1.82) is 0 Å². The average molecular weight is 132 g/mol. The van der Waals surface area contributed by atoms with Crippen LogP contribution in [0.5, 0.6) is 0 Å². The second kappa shape index (κ2) is 1.26. The number of rotatable bonds is 0. The summed E-state index contributed by atoms with van der Waals surface area (Å²) in [6, 6.07) is 0. The van der Waals surface area contributed by atoms with E-state index < -0.39 is 17.9 Å². The second-order valence-electron chi connectivity index (χ2n) is 2.29. The molecule has 4 heteroatoms. The maximum absolute atomic E-state index is 12.3. The van der Waals surface area contributed by atoms with E-state index in [1.807, 2.05) is 0 Å². The zero-order valence-corrected chi connectivity index (χ0v) is 4.59. The monoisotopic (exact) mass is 132 g/mol. The van der Waals surface area contributed by atoms with Crippen LogP contribution in [0, 0.1) is 0 Å². The molecular formula is C5H5FO3. The molecule has 2 aliphatic rings. The summed E-state index contributed by atoms with van der Waals surface area (Å²) < 4.78 is 21.5. The third-order valence-corrected chi connectivity index (χ3v) is 1.50. The molecule has 0 aromatic carbocycles. The molecule has 2 rings (SSSR count). The van der Waals surface area contributed by atoms with Gasteiger partial charge in [0, 0.05) is 0 Å². The molecule has 0 aromatic rings. The molecule has 2 unspecified atom stereocenters. The van der Waals surface area contributed by atoms with Gasteiger partial charge in [-0.15, -0.1) is 0 Å². The van der Waals surface area contributed by atoms with Crippen molar-refractivity contribution in [3.05, 3.63) is 0 Å². The van der Waals surface area contributed by atoms with Crippen molar-refractivity contribution in [2.45, 2.75) is 18.4 Å². The fourth-order valence-electron chi connectivity index (χ4n) is 0.903. The summed E-state index contributed by atoms with van der Waals surface area (Å²) >= 11 is 0. The highest BCUT2D eigenvalue weighted by Crippen LogP contribution is 2.40. The van der Waals surface area contributed by atoms with Crippen LogP contribution in [0.15, 0.2) is 0 Å². The number of ether oxygens (including phenoxy) is 2. The van der Waals surface area contributed by atoms with Gasteiger partial charge in [-0.1, -0.05) is 0 Å². The van der Waals surface area contributed by atoms with Crippen molar-refractivity contribution in [3.63, 3.8) is 0 Å². The number of carbonyl (C=O) groups excluding carboxylic acids is 1. The smallest absolute Gasteiger partial charge is 0.343 e. The van der Waals surface area contributed by atoms with Crippen LogP contribution in [-0.2, 0) is 14.3 Å². The third kappa shape index (κ3) is 0.627. The quantitative estimate of drug-likeness (QED) is 0.344. The molecule has 2 saturated heterocycles. The van der Waals surface area contributed by atoms with Crippen molar-refractivity contribution < 1.29 is 18.7 Å². The van der Waals surface area contributed by atoms with E-state index >= 15 is 0 Å². The molecule has 9 heavy (non-hydrogen) atoms. The molecule has 2 heterocycles. The van der Waals surface area contributed by atoms with Gasteiger partial charge < -0.3 is 9.47 Å². The predicted octanol–water partition coefficient (Wildman–Crippen LogP) is -0.00210. The van der Waals surface area contributed by atoms with Gasteiger partial charge in [-0.25, -0.2) is 9.18 Å². The van der Waals surface area contributed by atoms with Gasteiger partial charge in [0.25, 0.3) is 0 Å². The third-order valence-electron chi connectivity index (χ3n) is 1.50. The zero-order valence-electron chi connectivity index (χ0n) is 4.59. The Balaban J connectivity index is 2.14. The van der Waals surface area contributed by atoms with Gasteiger partial charge in [-0.2, -0.15) is 0 Å². The highest BCUT2D eigenvalue weighted by Gasteiger charge is 2.58. The number of carbonyl (C=O) groups is 1. The van der Waals surface area contributed by atoms with Crippen LogP contribution in [0.25, 0.3) is 0 Å². The predicted molar refractivity (Wildman–Crippen MR) is 24.3 cm³/mol. The summed E-state index contributed by atoms with van der Waals surface area (Å²) in [6.45, 7) is 0.360. The van der Waals surface area contributed by atoms with E-state index in [9.17, 15) is 9.18 Å². The van der Waals surface area contributed by atoms with E-state index in [4.69, 9.17) is 4.74 Å². The first-order valence-corrected chi connectivity index (χ1v) is 2.73. The van der Waals surface area contributed by atoms with Gasteiger partial charge in [0.15, 0.2) is 0 Å². The van der Waals surface area contributed by atoms with E-state index in [1.54, 1.807) is 0 Å². The Labute approximate surface area is 50.7 Å². The Hall–Kier alpha value is -0.640. The minimum absolute atomic E-state index is 0.0752. The van der Waals surface area contributed by atoms with Crippen LogP contribution in [-0.4, -0.2) is 24.5 Å².